The van der Waals surface area contributed by atoms with Gasteiger partial charge in [0.1, 0.15) is 6.10 Å². The molecule has 3 aromatic rings. The second kappa shape index (κ2) is 6.73. The van der Waals surface area contributed by atoms with Crippen LogP contribution in [0.3, 0.4) is 0 Å². The molecule has 0 bridgehead atoms. The molecule has 2 aromatic carbocycles. The topological polar surface area (TPSA) is 51.5 Å². The van der Waals surface area contributed by atoms with E-state index in [4.69, 9.17) is 4.74 Å². The third kappa shape index (κ3) is 3.30. The van der Waals surface area contributed by atoms with Crippen molar-refractivity contribution in [3.05, 3.63) is 60.8 Å². The summed E-state index contributed by atoms with van der Waals surface area (Å²) in [6.45, 7) is 0.746. The Morgan fingerprint density at radius 1 is 1.08 bits per heavy atom. The Hall–Kier alpha value is -2.59. The van der Waals surface area contributed by atoms with Gasteiger partial charge in [0, 0.05) is 36.8 Å². The van der Waals surface area contributed by atoms with E-state index in [1.54, 1.807) is 0 Å². The van der Waals surface area contributed by atoms with Gasteiger partial charge in [0.25, 0.3) is 0 Å². The highest BCUT2D eigenvalue weighted by atomic mass is 16.5. The Labute approximate surface area is 146 Å². The Morgan fingerprint density at radius 3 is 2.80 bits per heavy atom. The summed E-state index contributed by atoms with van der Waals surface area (Å²) < 4.78 is 7.55. The van der Waals surface area contributed by atoms with E-state index in [0.717, 1.165) is 12.2 Å². The second-order valence-electron chi connectivity index (χ2n) is 6.61. The Balaban J connectivity index is 1.57. The lowest BCUT2D eigenvalue weighted by molar-refractivity contribution is -0.160. The Bertz CT molecular complexity index is 894. The highest BCUT2D eigenvalue weighted by Crippen LogP contribution is 2.29. The van der Waals surface area contributed by atoms with Gasteiger partial charge in [0.15, 0.2) is 0 Å². The maximum atomic E-state index is 11.5. The molecule has 1 fully saturated rings. The first-order chi connectivity index (χ1) is 12.2. The summed E-state index contributed by atoms with van der Waals surface area (Å²) in [5.41, 5.74) is 2.35. The molecule has 1 aliphatic heterocycles. The first-order valence-corrected chi connectivity index (χ1v) is 8.71. The number of benzene rings is 2. The third-order valence-corrected chi connectivity index (χ3v) is 4.82. The SMILES string of the molecule is O=C1C[C@H](O)C[C@@H](CCn2cccc2-c2cccc3ccccc23)O1. The molecule has 1 N–H and O–H groups in total. The number of ether oxygens (including phenoxy) is 1. The minimum absolute atomic E-state index is 0.112. The van der Waals surface area contributed by atoms with Crippen LogP contribution >= 0.6 is 0 Å². The normalized spacial score (nSPS) is 20.6. The van der Waals surface area contributed by atoms with Crippen molar-refractivity contribution in [2.75, 3.05) is 0 Å². The first-order valence-electron chi connectivity index (χ1n) is 8.71. The molecule has 4 rings (SSSR count). The lowest BCUT2D eigenvalue weighted by Crippen LogP contribution is -2.33. The van der Waals surface area contributed by atoms with Gasteiger partial charge in [-0.05, 0) is 22.9 Å². The van der Waals surface area contributed by atoms with E-state index in [1.165, 1.54) is 16.3 Å². The number of hydrogen-bond acceptors (Lipinski definition) is 3. The fourth-order valence-electron chi connectivity index (χ4n) is 3.62. The number of carbonyl (C=O) groups excluding carboxylic acids is 1. The van der Waals surface area contributed by atoms with Crippen molar-refractivity contribution in [2.45, 2.75) is 38.0 Å². The van der Waals surface area contributed by atoms with Gasteiger partial charge in [-0.2, -0.15) is 0 Å². The number of hydrogen-bond donors (Lipinski definition) is 1. The molecule has 0 amide bonds. The number of nitrogens with zero attached hydrogens (tertiary/aromatic N) is 1. The summed E-state index contributed by atoms with van der Waals surface area (Å²) in [7, 11) is 0. The predicted octanol–water partition coefficient (Wildman–Crippen LogP) is 3.76. The minimum Gasteiger partial charge on any atom is -0.462 e. The number of carbonyl (C=O) groups is 1. The first kappa shape index (κ1) is 15.9. The number of rotatable bonds is 4. The molecule has 0 spiro atoms. The molecule has 0 saturated carbocycles. The van der Waals surface area contributed by atoms with E-state index in [9.17, 15) is 9.90 Å². The van der Waals surface area contributed by atoms with Crippen LogP contribution in [0.15, 0.2) is 60.8 Å². The number of aromatic nitrogens is 1. The average Bonchev–Trinajstić information content (AvgIpc) is 3.07. The van der Waals surface area contributed by atoms with E-state index in [-0.39, 0.29) is 18.5 Å². The van der Waals surface area contributed by atoms with Crippen LogP contribution in [-0.4, -0.2) is 27.9 Å². The molecule has 1 aromatic heterocycles. The molecule has 25 heavy (non-hydrogen) atoms. The highest BCUT2D eigenvalue weighted by Gasteiger charge is 2.27. The van der Waals surface area contributed by atoms with E-state index in [0.29, 0.717) is 12.8 Å². The Morgan fingerprint density at radius 2 is 1.92 bits per heavy atom. The molecule has 4 heteroatoms. The van der Waals surface area contributed by atoms with E-state index in [1.807, 2.05) is 12.1 Å². The van der Waals surface area contributed by atoms with E-state index in [2.05, 4.69) is 53.2 Å². The van der Waals surface area contributed by atoms with Crippen molar-refractivity contribution in [1.82, 2.24) is 4.57 Å². The maximum absolute atomic E-state index is 11.5. The number of fused-ring (bicyclic) bond motifs is 1. The molecule has 2 heterocycles. The van der Waals surface area contributed by atoms with Gasteiger partial charge in [-0.15, -0.1) is 0 Å². The van der Waals surface area contributed by atoms with Crippen molar-refractivity contribution in [3.8, 4) is 11.3 Å². The average molecular weight is 335 g/mol. The lowest BCUT2D eigenvalue weighted by Gasteiger charge is -2.26. The molecule has 0 aliphatic carbocycles. The zero-order chi connectivity index (χ0) is 17.2. The van der Waals surface area contributed by atoms with Crippen LogP contribution in [0.2, 0.25) is 0 Å². The molecule has 4 nitrogen and oxygen atoms in total. The Kier molecular flexibility index (Phi) is 4.28. The van der Waals surface area contributed by atoms with Crippen LogP contribution in [0, 0.1) is 0 Å². The molecule has 1 aliphatic rings. The third-order valence-electron chi connectivity index (χ3n) is 4.82. The zero-order valence-electron chi connectivity index (χ0n) is 14.0. The van der Waals surface area contributed by atoms with Crippen LogP contribution < -0.4 is 0 Å². The van der Waals surface area contributed by atoms with E-state index < -0.39 is 6.10 Å². The van der Waals surface area contributed by atoms with Gasteiger partial charge in [-0.3, -0.25) is 4.79 Å². The monoisotopic (exact) mass is 335 g/mol. The van der Waals surface area contributed by atoms with Crippen molar-refractivity contribution in [2.24, 2.45) is 0 Å². The molecular formula is C21H21NO3. The summed E-state index contributed by atoms with van der Waals surface area (Å²) in [5.74, 6) is -0.300. The van der Waals surface area contributed by atoms with Crippen LogP contribution in [0.4, 0.5) is 0 Å². The molecular weight excluding hydrogens is 314 g/mol. The summed E-state index contributed by atoms with van der Waals surface area (Å²) in [5, 5.41) is 12.2. The van der Waals surface area contributed by atoms with Gasteiger partial charge in [0.05, 0.1) is 12.5 Å². The fourth-order valence-corrected chi connectivity index (χ4v) is 3.62. The summed E-state index contributed by atoms with van der Waals surface area (Å²) in [6, 6.07) is 18.9. The number of aliphatic hydroxyl groups is 1. The molecule has 0 unspecified atom stereocenters. The van der Waals surface area contributed by atoms with Crippen molar-refractivity contribution >= 4 is 16.7 Å². The van der Waals surface area contributed by atoms with Crippen LogP contribution in [0.25, 0.3) is 22.0 Å². The number of aliphatic hydroxyl groups excluding tert-OH is 1. The smallest absolute Gasteiger partial charge is 0.308 e. The van der Waals surface area contributed by atoms with Crippen LogP contribution in [0.5, 0.6) is 0 Å². The summed E-state index contributed by atoms with van der Waals surface area (Å²) in [6.07, 6.45) is 2.61. The van der Waals surface area contributed by atoms with Gasteiger partial charge in [-0.25, -0.2) is 0 Å². The summed E-state index contributed by atoms with van der Waals surface area (Å²) >= 11 is 0. The van der Waals surface area contributed by atoms with Gasteiger partial charge >= 0.3 is 5.97 Å². The highest BCUT2D eigenvalue weighted by molar-refractivity contribution is 5.95. The molecule has 2 atom stereocenters. The second-order valence-corrected chi connectivity index (χ2v) is 6.61. The van der Waals surface area contributed by atoms with Crippen molar-refractivity contribution < 1.29 is 14.6 Å². The standard InChI is InChI=1S/C21H21NO3/c23-16-13-17(25-21(24)14-16)10-12-22-11-4-9-20(22)19-8-3-6-15-5-1-2-7-18(15)19/h1-9,11,16-17,23H,10,12-14H2/t16-,17-/m1/s1. The fraction of sp³-hybridized carbons (Fsp3) is 0.286. The minimum atomic E-state index is -0.576. The van der Waals surface area contributed by atoms with E-state index >= 15 is 0 Å². The number of aryl methyl sites for hydroxylation is 1. The van der Waals surface area contributed by atoms with Crippen LogP contribution in [-0.2, 0) is 16.1 Å². The van der Waals surface area contributed by atoms with Gasteiger partial charge < -0.3 is 14.4 Å². The summed E-state index contributed by atoms with van der Waals surface area (Å²) in [4.78, 5) is 11.5. The van der Waals surface area contributed by atoms with Gasteiger partial charge in [-0.1, -0.05) is 42.5 Å². The molecule has 1 saturated heterocycles. The number of esters is 1. The molecule has 0 radical (unpaired) electrons. The van der Waals surface area contributed by atoms with Crippen molar-refractivity contribution in [1.29, 1.82) is 0 Å². The quantitative estimate of drug-likeness (QED) is 0.739. The molecule has 128 valence electrons. The predicted molar refractivity (Wildman–Crippen MR) is 97.1 cm³/mol. The van der Waals surface area contributed by atoms with Gasteiger partial charge in [0.2, 0.25) is 0 Å². The van der Waals surface area contributed by atoms with Crippen molar-refractivity contribution in [3.63, 3.8) is 0 Å². The maximum Gasteiger partial charge on any atom is 0.308 e. The van der Waals surface area contributed by atoms with Crippen LogP contribution in [0.1, 0.15) is 19.3 Å². The zero-order valence-corrected chi connectivity index (χ0v) is 14.0. The largest absolute Gasteiger partial charge is 0.462 e. The number of cyclic esters (lactones) is 1. The lowest BCUT2D eigenvalue weighted by atomic mass is 10.0.